The van der Waals surface area contributed by atoms with Crippen molar-refractivity contribution in [1.29, 1.82) is 0 Å². The molecule has 0 saturated carbocycles. The van der Waals surface area contributed by atoms with Crippen LogP contribution in [-0.4, -0.2) is 18.0 Å². The quantitative estimate of drug-likeness (QED) is 0.758. The van der Waals surface area contributed by atoms with Crippen LogP contribution < -0.4 is 0 Å². The van der Waals surface area contributed by atoms with Crippen LogP contribution in [0.15, 0.2) is 24.3 Å². The molecule has 0 N–H and O–H groups in total. The van der Waals surface area contributed by atoms with E-state index in [-0.39, 0.29) is 12.4 Å². The van der Waals surface area contributed by atoms with Crippen LogP contribution >= 0.6 is 24.0 Å². The van der Waals surface area contributed by atoms with E-state index >= 15 is 0 Å². The summed E-state index contributed by atoms with van der Waals surface area (Å²) < 4.78 is 0. The van der Waals surface area contributed by atoms with E-state index in [1.54, 1.807) is 0 Å². The Bertz CT molecular complexity index is 342. The van der Waals surface area contributed by atoms with Crippen molar-refractivity contribution in [2.24, 2.45) is 5.92 Å². The fourth-order valence-electron chi connectivity index (χ4n) is 2.68. The van der Waals surface area contributed by atoms with Crippen molar-refractivity contribution in [3.63, 3.8) is 0 Å². The lowest BCUT2D eigenvalue weighted by molar-refractivity contribution is 0.215. The molecule has 0 bridgehead atoms. The molecular weight excluding hydrogens is 265 g/mol. The van der Waals surface area contributed by atoms with E-state index < -0.39 is 0 Å². The van der Waals surface area contributed by atoms with Gasteiger partial charge in [-0.2, -0.15) is 0 Å². The third kappa shape index (κ3) is 4.15. The van der Waals surface area contributed by atoms with Crippen molar-refractivity contribution in [1.82, 2.24) is 4.90 Å². The van der Waals surface area contributed by atoms with E-state index in [1.165, 1.54) is 37.9 Å². The molecule has 1 heterocycles. The van der Waals surface area contributed by atoms with E-state index in [0.29, 0.717) is 6.04 Å². The van der Waals surface area contributed by atoms with Gasteiger partial charge in [-0.1, -0.05) is 37.6 Å². The van der Waals surface area contributed by atoms with Crippen LogP contribution in [0.5, 0.6) is 0 Å². The highest BCUT2D eigenvalue weighted by molar-refractivity contribution is 6.30. The Morgan fingerprint density at radius 3 is 2.17 bits per heavy atom. The third-order valence-electron chi connectivity index (χ3n) is 3.53. The molecule has 1 nitrogen and oxygen atoms in total. The van der Waals surface area contributed by atoms with Crippen molar-refractivity contribution in [2.75, 3.05) is 13.1 Å². The standard InChI is InChI=1S/C15H22ClN.ClH/c1-12(2)11-15(17-9-3-4-10-17)13-5-7-14(16)8-6-13;/h5-8,12,15H,3-4,9-11H2,1-2H3;1H. The zero-order valence-electron chi connectivity index (χ0n) is 11.2. The van der Waals surface area contributed by atoms with Gasteiger partial charge in [-0.3, -0.25) is 4.90 Å². The van der Waals surface area contributed by atoms with Gasteiger partial charge >= 0.3 is 0 Å². The van der Waals surface area contributed by atoms with Gasteiger partial charge in [-0.25, -0.2) is 0 Å². The van der Waals surface area contributed by atoms with E-state index in [4.69, 9.17) is 11.6 Å². The summed E-state index contributed by atoms with van der Waals surface area (Å²) in [7, 11) is 0. The van der Waals surface area contributed by atoms with Gasteiger partial charge in [0.05, 0.1) is 0 Å². The Morgan fingerprint density at radius 1 is 1.11 bits per heavy atom. The SMILES string of the molecule is CC(C)CC(c1ccc(Cl)cc1)N1CCCC1.Cl. The van der Waals surface area contributed by atoms with Crippen molar-refractivity contribution >= 4 is 24.0 Å². The molecule has 1 unspecified atom stereocenters. The molecule has 0 aromatic heterocycles. The maximum Gasteiger partial charge on any atom is 0.0406 e. The summed E-state index contributed by atoms with van der Waals surface area (Å²) in [5, 5.41) is 0.832. The lowest BCUT2D eigenvalue weighted by Crippen LogP contribution is -2.26. The summed E-state index contributed by atoms with van der Waals surface area (Å²) >= 11 is 5.97. The Balaban J connectivity index is 0.00000162. The Kier molecular flexibility index (Phi) is 6.48. The van der Waals surface area contributed by atoms with Crippen molar-refractivity contribution in [2.45, 2.75) is 39.2 Å². The van der Waals surface area contributed by atoms with Crippen LogP contribution in [0.2, 0.25) is 5.02 Å². The molecule has 2 rings (SSSR count). The monoisotopic (exact) mass is 287 g/mol. The van der Waals surface area contributed by atoms with Crippen LogP contribution in [-0.2, 0) is 0 Å². The lowest BCUT2D eigenvalue weighted by atomic mass is 9.96. The van der Waals surface area contributed by atoms with E-state index in [1.807, 2.05) is 12.1 Å². The molecule has 3 heteroatoms. The molecule has 1 aromatic rings. The normalized spacial score (nSPS) is 17.8. The minimum absolute atomic E-state index is 0. The molecule has 1 aliphatic rings. The topological polar surface area (TPSA) is 3.24 Å². The summed E-state index contributed by atoms with van der Waals surface area (Å²) in [5.41, 5.74) is 1.42. The zero-order chi connectivity index (χ0) is 12.3. The summed E-state index contributed by atoms with van der Waals surface area (Å²) in [4.78, 5) is 2.63. The number of nitrogens with zero attached hydrogens (tertiary/aromatic N) is 1. The van der Waals surface area contributed by atoms with E-state index in [2.05, 4.69) is 30.9 Å². The maximum absolute atomic E-state index is 5.97. The second-order valence-corrected chi connectivity index (χ2v) is 5.88. The molecule has 0 spiro atoms. The number of benzene rings is 1. The Labute approximate surface area is 122 Å². The average molecular weight is 288 g/mol. The highest BCUT2D eigenvalue weighted by Gasteiger charge is 2.23. The van der Waals surface area contributed by atoms with Gasteiger partial charge in [-0.05, 0) is 56.0 Å². The maximum atomic E-state index is 5.97. The van der Waals surface area contributed by atoms with Crippen LogP contribution in [0.4, 0.5) is 0 Å². The third-order valence-corrected chi connectivity index (χ3v) is 3.78. The Hall–Kier alpha value is -0.240. The van der Waals surface area contributed by atoms with Gasteiger partial charge in [-0.15, -0.1) is 12.4 Å². The minimum Gasteiger partial charge on any atom is -0.296 e. The van der Waals surface area contributed by atoms with E-state index in [0.717, 1.165) is 10.9 Å². The molecule has 0 aliphatic carbocycles. The molecule has 1 aromatic carbocycles. The molecule has 0 radical (unpaired) electrons. The van der Waals surface area contributed by atoms with Gasteiger partial charge in [0.1, 0.15) is 0 Å². The molecule has 1 fully saturated rings. The predicted octanol–water partition coefficient (Wildman–Crippen LogP) is 4.94. The molecule has 1 atom stereocenters. The van der Waals surface area contributed by atoms with Crippen molar-refractivity contribution in [3.05, 3.63) is 34.9 Å². The molecule has 18 heavy (non-hydrogen) atoms. The first-order valence-corrected chi connectivity index (χ1v) is 7.04. The summed E-state index contributed by atoms with van der Waals surface area (Å²) in [5.74, 6) is 0.733. The summed E-state index contributed by atoms with van der Waals surface area (Å²) in [6, 6.07) is 8.98. The molecular formula is C15H23Cl2N. The predicted molar refractivity (Wildman–Crippen MR) is 81.7 cm³/mol. The van der Waals surface area contributed by atoms with Gasteiger partial charge < -0.3 is 0 Å². The number of hydrogen-bond donors (Lipinski definition) is 0. The highest BCUT2D eigenvalue weighted by atomic mass is 35.5. The van der Waals surface area contributed by atoms with Crippen LogP contribution in [0, 0.1) is 5.92 Å². The van der Waals surface area contributed by atoms with Gasteiger partial charge in [0.15, 0.2) is 0 Å². The molecule has 102 valence electrons. The fourth-order valence-corrected chi connectivity index (χ4v) is 2.81. The van der Waals surface area contributed by atoms with Gasteiger partial charge in [0.2, 0.25) is 0 Å². The Morgan fingerprint density at radius 2 is 1.67 bits per heavy atom. The van der Waals surface area contributed by atoms with Crippen LogP contribution in [0.1, 0.15) is 44.7 Å². The first kappa shape index (κ1) is 15.8. The molecule has 0 amide bonds. The minimum atomic E-state index is 0. The second-order valence-electron chi connectivity index (χ2n) is 5.44. The van der Waals surface area contributed by atoms with Crippen LogP contribution in [0.25, 0.3) is 0 Å². The van der Waals surface area contributed by atoms with Gasteiger partial charge in [0, 0.05) is 11.1 Å². The average Bonchev–Trinajstić information content (AvgIpc) is 2.80. The summed E-state index contributed by atoms with van der Waals surface area (Å²) in [6.07, 6.45) is 3.94. The first-order valence-electron chi connectivity index (χ1n) is 6.66. The highest BCUT2D eigenvalue weighted by Crippen LogP contribution is 2.31. The smallest absolute Gasteiger partial charge is 0.0406 e. The molecule has 1 aliphatic heterocycles. The summed E-state index contributed by atoms with van der Waals surface area (Å²) in [6.45, 7) is 7.11. The van der Waals surface area contributed by atoms with Crippen molar-refractivity contribution < 1.29 is 0 Å². The lowest BCUT2D eigenvalue weighted by Gasteiger charge is -2.29. The van der Waals surface area contributed by atoms with Crippen molar-refractivity contribution in [3.8, 4) is 0 Å². The van der Waals surface area contributed by atoms with Crippen LogP contribution in [0.3, 0.4) is 0 Å². The number of likely N-dealkylation sites (tertiary alicyclic amines) is 1. The second kappa shape index (κ2) is 7.37. The number of halogens is 2. The number of hydrogen-bond acceptors (Lipinski definition) is 1. The van der Waals surface area contributed by atoms with E-state index in [9.17, 15) is 0 Å². The largest absolute Gasteiger partial charge is 0.296 e. The number of rotatable bonds is 4. The van der Waals surface area contributed by atoms with Gasteiger partial charge in [0.25, 0.3) is 0 Å². The molecule has 1 saturated heterocycles. The first-order chi connectivity index (χ1) is 8.16. The fraction of sp³-hybridized carbons (Fsp3) is 0.600. The zero-order valence-corrected chi connectivity index (χ0v) is 12.8.